The molecule has 1 aromatic rings. The van der Waals surface area contributed by atoms with Crippen LogP contribution in [0.4, 0.5) is 0 Å². The van der Waals surface area contributed by atoms with Crippen LogP contribution in [-0.4, -0.2) is 36.4 Å². The number of carboxylic acids is 1. The number of rotatable bonds is 7. The van der Waals surface area contributed by atoms with Crippen LogP contribution in [0.5, 0.6) is 0 Å². The second-order valence-corrected chi connectivity index (χ2v) is 6.93. The van der Waals surface area contributed by atoms with Crippen molar-refractivity contribution in [3.8, 4) is 0 Å². The molecule has 1 aliphatic carbocycles. The van der Waals surface area contributed by atoms with Crippen LogP contribution in [0.1, 0.15) is 35.7 Å². The number of hydrogen-bond acceptors (Lipinski definition) is 3. The molecule has 0 aromatic heterocycles. The van der Waals surface area contributed by atoms with E-state index in [1.807, 2.05) is 6.92 Å². The molecule has 6 heteroatoms. The Morgan fingerprint density at radius 3 is 2.62 bits per heavy atom. The highest BCUT2D eigenvalue weighted by Gasteiger charge is 2.38. The fraction of sp³-hybridized carbons (Fsp3) is 0.400. The number of aromatic carboxylic acids is 1. The van der Waals surface area contributed by atoms with Gasteiger partial charge in [0.25, 0.3) is 0 Å². The lowest BCUT2D eigenvalue weighted by Gasteiger charge is -2.22. The molecule has 114 valence electrons. The normalized spacial score (nSPS) is 15.1. The van der Waals surface area contributed by atoms with E-state index in [2.05, 4.69) is 6.58 Å². The molecule has 5 nitrogen and oxygen atoms in total. The number of aryl methyl sites for hydroxylation is 1. The Kier molecular flexibility index (Phi) is 4.49. The van der Waals surface area contributed by atoms with Gasteiger partial charge in [0, 0.05) is 12.6 Å². The second kappa shape index (κ2) is 5.99. The van der Waals surface area contributed by atoms with Crippen molar-refractivity contribution in [2.24, 2.45) is 0 Å². The van der Waals surface area contributed by atoms with E-state index in [0.717, 1.165) is 12.8 Å². The van der Waals surface area contributed by atoms with Gasteiger partial charge in [-0.1, -0.05) is 19.1 Å². The maximum Gasteiger partial charge on any atom is 0.335 e. The Balaban J connectivity index is 2.53. The van der Waals surface area contributed by atoms with Crippen molar-refractivity contribution >= 4 is 16.0 Å². The van der Waals surface area contributed by atoms with Crippen LogP contribution in [0.2, 0.25) is 0 Å². The predicted molar refractivity (Wildman–Crippen MR) is 79.9 cm³/mol. The molecule has 2 rings (SSSR count). The van der Waals surface area contributed by atoms with Crippen molar-refractivity contribution in [2.45, 2.75) is 37.1 Å². The summed E-state index contributed by atoms with van der Waals surface area (Å²) < 4.78 is 27.1. The first-order chi connectivity index (χ1) is 9.91. The van der Waals surface area contributed by atoms with E-state index in [9.17, 15) is 13.2 Å². The minimum absolute atomic E-state index is 0.00573. The molecule has 0 spiro atoms. The summed E-state index contributed by atoms with van der Waals surface area (Å²) in [4.78, 5) is 11.2. The third-order valence-electron chi connectivity index (χ3n) is 3.54. The molecule has 0 heterocycles. The van der Waals surface area contributed by atoms with Crippen molar-refractivity contribution in [3.05, 3.63) is 42.0 Å². The molecular weight excluding hydrogens is 290 g/mol. The van der Waals surface area contributed by atoms with Gasteiger partial charge in [0.1, 0.15) is 0 Å². The van der Waals surface area contributed by atoms with Gasteiger partial charge in [0.2, 0.25) is 10.0 Å². The number of hydrogen-bond donors (Lipinski definition) is 1. The monoisotopic (exact) mass is 309 g/mol. The summed E-state index contributed by atoms with van der Waals surface area (Å²) >= 11 is 0. The zero-order valence-electron chi connectivity index (χ0n) is 11.9. The topological polar surface area (TPSA) is 74.7 Å². The molecule has 0 bridgehead atoms. The van der Waals surface area contributed by atoms with Gasteiger partial charge in [-0.3, -0.25) is 0 Å². The van der Waals surface area contributed by atoms with Crippen LogP contribution < -0.4 is 0 Å². The van der Waals surface area contributed by atoms with Crippen molar-refractivity contribution < 1.29 is 18.3 Å². The summed E-state index contributed by atoms with van der Waals surface area (Å²) in [6, 6.07) is 4.28. The number of carbonyl (C=O) groups is 1. The fourth-order valence-electron chi connectivity index (χ4n) is 2.28. The summed E-state index contributed by atoms with van der Waals surface area (Å²) in [6.07, 6.45) is 3.77. The Bertz CT molecular complexity index is 662. The van der Waals surface area contributed by atoms with Crippen LogP contribution in [0.25, 0.3) is 0 Å². The third-order valence-corrected chi connectivity index (χ3v) is 5.55. The first kappa shape index (κ1) is 15.7. The van der Waals surface area contributed by atoms with Crippen LogP contribution >= 0.6 is 0 Å². The molecule has 1 aromatic carbocycles. The molecule has 21 heavy (non-hydrogen) atoms. The summed E-state index contributed by atoms with van der Waals surface area (Å²) in [5.41, 5.74) is 0.620. The quantitative estimate of drug-likeness (QED) is 0.784. The molecule has 1 saturated carbocycles. The standard InChI is InChI=1S/C15H19NO4S/c1-3-9-16(13-7-8-13)21(19,20)14-10-12(15(17)18)6-5-11(14)4-2/h3,5-6,10,13H,1,4,7-9H2,2H3,(H,17,18). The lowest BCUT2D eigenvalue weighted by molar-refractivity contribution is 0.0696. The van der Waals surface area contributed by atoms with Crippen LogP contribution in [0.15, 0.2) is 35.7 Å². The Morgan fingerprint density at radius 2 is 2.14 bits per heavy atom. The van der Waals surface area contributed by atoms with E-state index < -0.39 is 16.0 Å². The molecule has 0 unspecified atom stereocenters. The molecule has 0 amide bonds. The van der Waals surface area contributed by atoms with Crippen LogP contribution in [0.3, 0.4) is 0 Å². The molecular formula is C15H19NO4S. The molecule has 0 atom stereocenters. The second-order valence-electron chi connectivity index (χ2n) is 5.08. The SMILES string of the molecule is C=CCN(C1CC1)S(=O)(=O)c1cc(C(=O)O)ccc1CC. The highest BCUT2D eigenvalue weighted by atomic mass is 32.2. The number of benzene rings is 1. The van der Waals surface area contributed by atoms with Crippen LogP contribution in [-0.2, 0) is 16.4 Å². The van der Waals surface area contributed by atoms with E-state index in [4.69, 9.17) is 5.11 Å². The lowest BCUT2D eigenvalue weighted by Crippen LogP contribution is -2.34. The summed E-state index contributed by atoms with van der Waals surface area (Å²) in [7, 11) is -3.70. The lowest BCUT2D eigenvalue weighted by atomic mass is 10.1. The summed E-state index contributed by atoms with van der Waals surface area (Å²) in [5, 5.41) is 9.08. The smallest absolute Gasteiger partial charge is 0.335 e. The Morgan fingerprint density at radius 1 is 1.48 bits per heavy atom. The first-order valence-electron chi connectivity index (χ1n) is 6.90. The van der Waals surface area contributed by atoms with E-state index in [1.54, 1.807) is 12.1 Å². The van der Waals surface area contributed by atoms with Gasteiger partial charge in [-0.05, 0) is 37.0 Å². The molecule has 0 aliphatic heterocycles. The average molecular weight is 309 g/mol. The first-order valence-corrected chi connectivity index (χ1v) is 8.34. The van der Waals surface area contributed by atoms with Gasteiger partial charge in [-0.15, -0.1) is 6.58 Å². The van der Waals surface area contributed by atoms with Gasteiger partial charge in [-0.25, -0.2) is 13.2 Å². The molecule has 0 radical (unpaired) electrons. The molecule has 1 aliphatic rings. The fourth-order valence-corrected chi connectivity index (χ4v) is 4.26. The Labute approximate surface area is 124 Å². The zero-order valence-corrected chi connectivity index (χ0v) is 12.8. The van der Waals surface area contributed by atoms with Crippen molar-refractivity contribution in [1.82, 2.24) is 4.31 Å². The van der Waals surface area contributed by atoms with E-state index in [1.165, 1.54) is 16.4 Å². The minimum atomic E-state index is -3.70. The van der Waals surface area contributed by atoms with Crippen LogP contribution in [0, 0.1) is 0 Å². The van der Waals surface area contributed by atoms with Gasteiger partial charge in [0.05, 0.1) is 10.5 Å². The Hall–Kier alpha value is -1.66. The highest BCUT2D eigenvalue weighted by molar-refractivity contribution is 7.89. The van der Waals surface area contributed by atoms with E-state index in [0.29, 0.717) is 12.0 Å². The number of carboxylic acid groups (broad SMARTS) is 1. The molecule has 0 saturated heterocycles. The van der Waals surface area contributed by atoms with Gasteiger partial charge in [0.15, 0.2) is 0 Å². The van der Waals surface area contributed by atoms with Crippen molar-refractivity contribution in [1.29, 1.82) is 0 Å². The highest BCUT2D eigenvalue weighted by Crippen LogP contribution is 2.33. The number of sulfonamides is 1. The van der Waals surface area contributed by atoms with Crippen molar-refractivity contribution in [2.75, 3.05) is 6.54 Å². The van der Waals surface area contributed by atoms with Gasteiger partial charge < -0.3 is 5.11 Å². The summed E-state index contributed by atoms with van der Waals surface area (Å²) in [6.45, 7) is 5.70. The maximum absolute atomic E-state index is 12.8. The minimum Gasteiger partial charge on any atom is -0.478 e. The predicted octanol–water partition coefficient (Wildman–Crippen LogP) is 2.29. The third kappa shape index (κ3) is 3.16. The maximum atomic E-state index is 12.8. The van der Waals surface area contributed by atoms with E-state index >= 15 is 0 Å². The number of nitrogens with zero attached hydrogens (tertiary/aromatic N) is 1. The summed E-state index contributed by atoms with van der Waals surface area (Å²) in [5.74, 6) is -1.13. The van der Waals surface area contributed by atoms with Crippen molar-refractivity contribution in [3.63, 3.8) is 0 Å². The van der Waals surface area contributed by atoms with Gasteiger partial charge >= 0.3 is 5.97 Å². The van der Waals surface area contributed by atoms with Gasteiger partial charge in [-0.2, -0.15) is 4.31 Å². The largest absolute Gasteiger partial charge is 0.478 e. The van der Waals surface area contributed by atoms with E-state index in [-0.39, 0.29) is 23.0 Å². The molecule has 1 N–H and O–H groups in total. The average Bonchev–Trinajstić information content (AvgIpc) is 3.28. The molecule has 1 fully saturated rings. The zero-order chi connectivity index (χ0) is 15.6.